The molecule has 0 spiro atoms. The number of anilines is 2. The third kappa shape index (κ3) is 4.20. The van der Waals surface area contributed by atoms with Crippen molar-refractivity contribution in [2.45, 2.75) is 19.9 Å². The molecule has 2 fully saturated rings. The Bertz CT molecular complexity index is 1340. The van der Waals surface area contributed by atoms with E-state index in [0.717, 1.165) is 78.0 Å². The SMILES string of the molecule is Cc1noc(C)c1-c1ccc2nc(N3CCN(C)CC3)nc(N3CCOC[C@@H]3c3ccccc3)c2c1. The lowest BCUT2D eigenvalue weighted by Gasteiger charge is -2.38. The van der Waals surface area contributed by atoms with E-state index in [0.29, 0.717) is 13.2 Å². The summed E-state index contributed by atoms with van der Waals surface area (Å²) in [6.45, 7) is 9.86. The van der Waals surface area contributed by atoms with E-state index in [-0.39, 0.29) is 6.04 Å². The molecule has 8 heteroatoms. The van der Waals surface area contributed by atoms with Gasteiger partial charge in [-0.2, -0.15) is 4.98 Å². The van der Waals surface area contributed by atoms with Crippen LogP contribution in [0.3, 0.4) is 0 Å². The van der Waals surface area contributed by atoms with Crippen LogP contribution in [0, 0.1) is 13.8 Å². The van der Waals surface area contributed by atoms with Gasteiger partial charge in [0.1, 0.15) is 11.6 Å². The van der Waals surface area contributed by atoms with Crippen molar-refractivity contribution in [3.8, 4) is 11.1 Å². The van der Waals surface area contributed by atoms with Crippen LogP contribution in [0.25, 0.3) is 22.0 Å². The number of morpholine rings is 1. The number of hydrogen-bond acceptors (Lipinski definition) is 8. The second-order valence-corrected chi connectivity index (χ2v) is 9.76. The van der Waals surface area contributed by atoms with Gasteiger partial charge in [-0.25, -0.2) is 4.98 Å². The molecule has 2 aliphatic rings. The Kier molecular flexibility index (Phi) is 6.07. The zero-order valence-corrected chi connectivity index (χ0v) is 21.1. The normalized spacial score (nSPS) is 19.2. The third-order valence-corrected chi connectivity index (χ3v) is 7.36. The molecule has 2 saturated heterocycles. The molecule has 0 bridgehead atoms. The minimum absolute atomic E-state index is 0.0844. The molecule has 0 aliphatic carbocycles. The van der Waals surface area contributed by atoms with Gasteiger partial charge in [-0.3, -0.25) is 0 Å². The van der Waals surface area contributed by atoms with E-state index in [4.69, 9.17) is 19.2 Å². The fraction of sp³-hybridized carbons (Fsp3) is 0.393. The Hall–Kier alpha value is -3.49. The van der Waals surface area contributed by atoms with Crippen molar-refractivity contribution in [3.63, 3.8) is 0 Å². The van der Waals surface area contributed by atoms with E-state index in [2.05, 4.69) is 75.4 Å². The highest BCUT2D eigenvalue weighted by Gasteiger charge is 2.29. The Balaban J connectivity index is 1.51. The lowest BCUT2D eigenvalue weighted by Crippen LogP contribution is -2.45. The molecule has 4 aromatic rings. The number of ether oxygens (including phenoxy) is 1. The van der Waals surface area contributed by atoms with Crippen LogP contribution in [0.15, 0.2) is 53.1 Å². The van der Waals surface area contributed by atoms with Crippen LogP contribution in [0.1, 0.15) is 23.1 Å². The topological polar surface area (TPSA) is 70.8 Å². The number of nitrogens with zero attached hydrogens (tertiary/aromatic N) is 6. The molecular weight excluding hydrogens is 452 g/mol. The van der Waals surface area contributed by atoms with Gasteiger partial charge in [0.2, 0.25) is 5.95 Å². The Morgan fingerprint density at radius 3 is 2.47 bits per heavy atom. The quantitative estimate of drug-likeness (QED) is 0.426. The van der Waals surface area contributed by atoms with E-state index in [1.165, 1.54) is 5.56 Å². The summed E-state index contributed by atoms with van der Waals surface area (Å²) < 4.78 is 11.4. The molecule has 186 valence electrons. The maximum Gasteiger partial charge on any atom is 0.227 e. The number of hydrogen-bond donors (Lipinski definition) is 0. The Morgan fingerprint density at radius 1 is 0.917 bits per heavy atom. The maximum absolute atomic E-state index is 5.95. The van der Waals surface area contributed by atoms with Gasteiger partial charge in [-0.1, -0.05) is 41.6 Å². The van der Waals surface area contributed by atoms with Gasteiger partial charge in [0.25, 0.3) is 0 Å². The molecule has 6 rings (SSSR count). The molecule has 0 radical (unpaired) electrons. The molecule has 8 nitrogen and oxygen atoms in total. The second-order valence-electron chi connectivity index (χ2n) is 9.76. The summed E-state index contributed by atoms with van der Waals surface area (Å²) in [5.74, 6) is 2.57. The minimum atomic E-state index is 0.0844. The third-order valence-electron chi connectivity index (χ3n) is 7.36. The van der Waals surface area contributed by atoms with Gasteiger partial charge < -0.3 is 24.0 Å². The number of rotatable bonds is 4. The molecule has 2 aromatic heterocycles. The van der Waals surface area contributed by atoms with Crippen LogP contribution >= 0.6 is 0 Å². The van der Waals surface area contributed by atoms with Crippen molar-refractivity contribution in [3.05, 3.63) is 65.5 Å². The first kappa shape index (κ1) is 22.9. The lowest BCUT2D eigenvalue weighted by molar-refractivity contribution is 0.0939. The molecule has 2 aliphatic heterocycles. The minimum Gasteiger partial charge on any atom is -0.377 e. The molecule has 1 atom stereocenters. The highest BCUT2D eigenvalue weighted by molar-refractivity contribution is 5.94. The molecular formula is C28H32N6O2. The molecule has 0 amide bonds. The van der Waals surface area contributed by atoms with Crippen molar-refractivity contribution in [2.24, 2.45) is 0 Å². The summed E-state index contributed by atoms with van der Waals surface area (Å²) in [5.41, 5.74) is 5.17. The van der Waals surface area contributed by atoms with Crippen molar-refractivity contribution in [2.75, 3.05) is 62.8 Å². The van der Waals surface area contributed by atoms with Crippen LogP contribution in [0.2, 0.25) is 0 Å². The fourth-order valence-corrected chi connectivity index (χ4v) is 5.33. The first-order valence-corrected chi connectivity index (χ1v) is 12.7. The van der Waals surface area contributed by atoms with Crippen LogP contribution < -0.4 is 9.80 Å². The van der Waals surface area contributed by atoms with Gasteiger partial charge in [0.05, 0.1) is 30.5 Å². The summed E-state index contributed by atoms with van der Waals surface area (Å²) in [7, 11) is 2.17. The van der Waals surface area contributed by atoms with Crippen LogP contribution in [0.4, 0.5) is 11.8 Å². The number of aryl methyl sites for hydroxylation is 2. The number of aromatic nitrogens is 3. The standard InChI is InChI=1S/C28H32N6O2/c1-19-26(20(2)36-31-19)22-9-10-24-23(17-22)27(30-28(29-24)33-13-11-32(3)12-14-33)34-15-16-35-18-25(34)21-7-5-4-6-8-21/h4-10,17,25H,11-16,18H2,1-3H3/t25-/m1/s1. The fourth-order valence-electron chi connectivity index (χ4n) is 5.33. The summed E-state index contributed by atoms with van der Waals surface area (Å²) in [6, 6.07) is 17.1. The second kappa shape index (κ2) is 9.52. The number of likely N-dealkylation sites (N-methyl/N-ethyl adjacent to an activating group) is 1. The first-order valence-electron chi connectivity index (χ1n) is 12.7. The van der Waals surface area contributed by atoms with Gasteiger partial charge in [-0.15, -0.1) is 0 Å². The lowest BCUT2D eigenvalue weighted by atomic mass is 10.0. The summed E-state index contributed by atoms with van der Waals surface area (Å²) in [6.07, 6.45) is 0. The average molecular weight is 485 g/mol. The van der Waals surface area contributed by atoms with Gasteiger partial charge >= 0.3 is 0 Å². The molecule has 0 saturated carbocycles. The zero-order chi connectivity index (χ0) is 24.6. The van der Waals surface area contributed by atoms with E-state index in [9.17, 15) is 0 Å². The van der Waals surface area contributed by atoms with Crippen molar-refractivity contribution >= 4 is 22.7 Å². The van der Waals surface area contributed by atoms with Crippen LogP contribution in [-0.2, 0) is 4.74 Å². The Morgan fingerprint density at radius 2 is 1.72 bits per heavy atom. The summed E-state index contributed by atoms with van der Waals surface area (Å²) in [5, 5.41) is 5.21. The summed E-state index contributed by atoms with van der Waals surface area (Å²) in [4.78, 5) is 17.3. The largest absolute Gasteiger partial charge is 0.377 e. The Labute approximate surface area is 211 Å². The number of benzene rings is 2. The van der Waals surface area contributed by atoms with Crippen molar-refractivity contribution < 1.29 is 9.26 Å². The highest BCUT2D eigenvalue weighted by Crippen LogP contribution is 2.37. The molecule has 2 aromatic carbocycles. The van der Waals surface area contributed by atoms with Crippen molar-refractivity contribution in [1.29, 1.82) is 0 Å². The van der Waals surface area contributed by atoms with Gasteiger partial charge in [0, 0.05) is 43.7 Å². The number of fused-ring (bicyclic) bond motifs is 1. The highest BCUT2D eigenvalue weighted by atomic mass is 16.5. The summed E-state index contributed by atoms with van der Waals surface area (Å²) >= 11 is 0. The van der Waals surface area contributed by atoms with Gasteiger partial charge in [0.15, 0.2) is 0 Å². The van der Waals surface area contributed by atoms with E-state index >= 15 is 0 Å². The smallest absolute Gasteiger partial charge is 0.227 e. The maximum atomic E-state index is 5.95. The predicted molar refractivity (Wildman–Crippen MR) is 142 cm³/mol. The molecule has 36 heavy (non-hydrogen) atoms. The van der Waals surface area contributed by atoms with E-state index in [1.54, 1.807) is 0 Å². The average Bonchev–Trinajstić information content (AvgIpc) is 3.26. The van der Waals surface area contributed by atoms with Crippen LogP contribution in [-0.4, -0.2) is 73.0 Å². The van der Waals surface area contributed by atoms with E-state index in [1.807, 2.05) is 13.8 Å². The predicted octanol–water partition coefficient (Wildman–Crippen LogP) is 4.23. The first-order chi connectivity index (χ1) is 17.6. The molecule has 0 N–H and O–H groups in total. The molecule has 0 unspecified atom stereocenters. The van der Waals surface area contributed by atoms with Gasteiger partial charge in [-0.05, 0) is 44.2 Å². The zero-order valence-electron chi connectivity index (χ0n) is 21.1. The van der Waals surface area contributed by atoms with E-state index < -0.39 is 0 Å². The number of piperazine rings is 1. The van der Waals surface area contributed by atoms with Crippen molar-refractivity contribution in [1.82, 2.24) is 20.0 Å². The van der Waals surface area contributed by atoms with Crippen LogP contribution in [0.5, 0.6) is 0 Å². The molecule has 4 heterocycles. The monoisotopic (exact) mass is 484 g/mol.